The molecule has 0 aromatic heterocycles. The summed E-state index contributed by atoms with van der Waals surface area (Å²) >= 11 is -3.04. The van der Waals surface area contributed by atoms with E-state index >= 15 is 0 Å². The molecule has 0 radical (unpaired) electrons. The van der Waals surface area contributed by atoms with Crippen molar-refractivity contribution >= 4 is 26.4 Å². The van der Waals surface area contributed by atoms with Crippen molar-refractivity contribution in [2.75, 3.05) is 0 Å². The molecular weight excluding hydrogens is 305 g/mol. The molecule has 0 aliphatic rings. The Balaban J connectivity index is 2.27. The number of hydrogen-bond acceptors (Lipinski definition) is 1. The van der Waals surface area contributed by atoms with Crippen LogP contribution in [0.2, 0.25) is 0 Å². The first-order valence-corrected chi connectivity index (χ1v) is 10.4. The van der Waals surface area contributed by atoms with E-state index in [0.717, 1.165) is 13.1 Å². The molecule has 0 fully saturated rings. The van der Waals surface area contributed by atoms with Crippen molar-refractivity contribution in [3.8, 4) is 0 Å². The summed E-state index contributed by atoms with van der Waals surface area (Å²) in [6, 6.07) is 30.8. The van der Waals surface area contributed by atoms with Crippen LogP contribution in [0.25, 0.3) is 0 Å². The summed E-state index contributed by atoms with van der Waals surface area (Å²) in [5.74, 6) is 0. The molecule has 0 aliphatic heterocycles. The molecule has 1 N–H and O–H groups in total. The van der Waals surface area contributed by atoms with Gasteiger partial charge in [0, 0.05) is 0 Å². The fourth-order valence-corrected chi connectivity index (χ4v) is 8.18. The van der Waals surface area contributed by atoms with Crippen LogP contribution in [0.15, 0.2) is 91.0 Å². The van der Waals surface area contributed by atoms with Crippen LogP contribution in [0.4, 0.5) is 0 Å². The van der Waals surface area contributed by atoms with Crippen molar-refractivity contribution in [1.29, 1.82) is 4.28 Å². The number of nitrogens with one attached hydrogen (secondary N) is 1. The first-order chi connectivity index (χ1) is 9.82. The van der Waals surface area contributed by atoms with Gasteiger partial charge >= 0.3 is 122 Å². The second-order valence-corrected chi connectivity index (χ2v) is 10.7. The SMILES string of the molecule is N=[As](c1ccccc1)(c1ccccc1)c1ccccc1. The summed E-state index contributed by atoms with van der Waals surface area (Å²) in [6.45, 7) is 0. The molecule has 0 bridgehead atoms. The molecule has 3 aromatic carbocycles. The average Bonchev–Trinajstić information content (AvgIpc) is 2.56. The zero-order valence-electron chi connectivity index (χ0n) is 11.1. The molecule has 0 saturated carbocycles. The Labute approximate surface area is 122 Å². The summed E-state index contributed by atoms with van der Waals surface area (Å²) in [5, 5.41) is 0. The minimum absolute atomic E-state index is 1.16. The van der Waals surface area contributed by atoms with Crippen LogP contribution in [0.1, 0.15) is 0 Å². The van der Waals surface area contributed by atoms with Gasteiger partial charge < -0.3 is 0 Å². The maximum atomic E-state index is 9.32. The Morgan fingerprint density at radius 3 is 0.950 bits per heavy atom. The van der Waals surface area contributed by atoms with Crippen LogP contribution in [-0.4, -0.2) is 13.4 Å². The zero-order valence-corrected chi connectivity index (χ0v) is 13.0. The van der Waals surface area contributed by atoms with E-state index in [1.807, 2.05) is 54.6 Å². The number of rotatable bonds is 3. The molecule has 3 aromatic rings. The minimum atomic E-state index is -3.04. The van der Waals surface area contributed by atoms with Crippen LogP contribution in [0, 0.1) is 4.28 Å². The van der Waals surface area contributed by atoms with Crippen LogP contribution in [-0.2, 0) is 0 Å². The van der Waals surface area contributed by atoms with E-state index in [1.54, 1.807) is 0 Å². The maximum absolute atomic E-state index is 9.32. The van der Waals surface area contributed by atoms with E-state index in [1.165, 1.54) is 0 Å². The molecule has 1 nitrogen and oxygen atoms in total. The van der Waals surface area contributed by atoms with Gasteiger partial charge in [0.1, 0.15) is 0 Å². The Hall–Kier alpha value is -1.98. The third-order valence-electron chi connectivity index (χ3n) is 3.43. The fraction of sp³-hybridized carbons (Fsp3) is 0. The summed E-state index contributed by atoms with van der Waals surface area (Å²) in [7, 11) is 0. The molecule has 3 rings (SSSR count). The second-order valence-electron chi connectivity index (χ2n) is 4.68. The molecule has 20 heavy (non-hydrogen) atoms. The molecule has 2 heteroatoms. The van der Waals surface area contributed by atoms with E-state index in [4.69, 9.17) is 0 Å². The van der Waals surface area contributed by atoms with Crippen LogP contribution in [0.3, 0.4) is 0 Å². The first kappa shape index (κ1) is 13.0. The molecule has 0 saturated heterocycles. The number of hydrogen-bond donors (Lipinski definition) is 1. The van der Waals surface area contributed by atoms with E-state index in [-0.39, 0.29) is 0 Å². The molecule has 0 unspecified atom stereocenters. The van der Waals surface area contributed by atoms with E-state index < -0.39 is 13.4 Å². The van der Waals surface area contributed by atoms with Crippen molar-refractivity contribution in [2.45, 2.75) is 0 Å². The molecule has 0 heterocycles. The second kappa shape index (κ2) is 5.56. The van der Waals surface area contributed by atoms with Gasteiger partial charge in [0.05, 0.1) is 0 Å². The summed E-state index contributed by atoms with van der Waals surface area (Å²) < 4.78 is 12.8. The van der Waals surface area contributed by atoms with Gasteiger partial charge in [0.15, 0.2) is 0 Å². The molecule has 0 aliphatic carbocycles. The van der Waals surface area contributed by atoms with Gasteiger partial charge in [0.25, 0.3) is 0 Å². The normalized spacial score (nSPS) is 11.2. The monoisotopic (exact) mass is 321 g/mol. The molecule has 0 spiro atoms. The van der Waals surface area contributed by atoms with Crippen molar-refractivity contribution in [3.05, 3.63) is 91.0 Å². The summed E-state index contributed by atoms with van der Waals surface area (Å²) in [4.78, 5) is 0. The van der Waals surface area contributed by atoms with Gasteiger partial charge in [-0.05, 0) is 0 Å². The molecule has 0 amide bonds. The average molecular weight is 321 g/mol. The molecular formula is C18H16AsN. The van der Waals surface area contributed by atoms with Crippen LogP contribution < -0.4 is 13.1 Å². The fourth-order valence-electron chi connectivity index (χ4n) is 2.40. The van der Waals surface area contributed by atoms with Gasteiger partial charge in [-0.15, -0.1) is 0 Å². The summed E-state index contributed by atoms with van der Waals surface area (Å²) in [6.07, 6.45) is 0. The topological polar surface area (TPSA) is 23.9 Å². The Morgan fingerprint density at radius 2 is 0.700 bits per heavy atom. The zero-order chi connectivity index (χ0) is 13.8. The first-order valence-electron chi connectivity index (χ1n) is 6.63. The third-order valence-corrected chi connectivity index (χ3v) is 10.2. The van der Waals surface area contributed by atoms with Gasteiger partial charge in [-0.2, -0.15) is 0 Å². The van der Waals surface area contributed by atoms with Gasteiger partial charge in [-0.25, -0.2) is 0 Å². The van der Waals surface area contributed by atoms with Crippen molar-refractivity contribution in [2.24, 2.45) is 0 Å². The predicted octanol–water partition coefficient (Wildman–Crippen LogP) is 2.50. The van der Waals surface area contributed by atoms with E-state index in [9.17, 15) is 4.28 Å². The predicted molar refractivity (Wildman–Crippen MR) is 86.7 cm³/mol. The van der Waals surface area contributed by atoms with Crippen molar-refractivity contribution in [1.82, 2.24) is 0 Å². The van der Waals surface area contributed by atoms with E-state index in [0.29, 0.717) is 0 Å². The van der Waals surface area contributed by atoms with Crippen molar-refractivity contribution < 1.29 is 0 Å². The van der Waals surface area contributed by atoms with Gasteiger partial charge in [-0.3, -0.25) is 0 Å². The quantitative estimate of drug-likeness (QED) is 0.717. The van der Waals surface area contributed by atoms with Gasteiger partial charge in [-0.1, -0.05) is 0 Å². The summed E-state index contributed by atoms with van der Waals surface area (Å²) in [5.41, 5.74) is 0. The standard InChI is InChI=1S/C18H16AsN/c20-19(16-10-4-1-5-11-16,17-12-6-2-7-13-17)18-14-8-3-9-15-18/h1-15,20H. The Morgan fingerprint density at radius 1 is 0.450 bits per heavy atom. The Kier molecular flexibility index (Phi) is 3.62. The molecule has 0 atom stereocenters. The van der Waals surface area contributed by atoms with Crippen LogP contribution >= 0.6 is 0 Å². The molecule has 98 valence electrons. The van der Waals surface area contributed by atoms with Gasteiger partial charge in [0.2, 0.25) is 0 Å². The van der Waals surface area contributed by atoms with Crippen LogP contribution in [0.5, 0.6) is 0 Å². The number of benzene rings is 3. The van der Waals surface area contributed by atoms with E-state index in [2.05, 4.69) is 36.4 Å². The Bertz CT molecular complexity index is 618. The third kappa shape index (κ3) is 2.26. The van der Waals surface area contributed by atoms with Crippen molar-refractivity contribution in [3.63, 3.8) is 0 Å².